The topological polar surface area (TPSA) is 69.4 Å². The second kappa shape index (κ2) is 4.41. The van der Waals surface area contributed by atoms with Gasteiger partial charge in [-0.05, 0) is 34.7 Å². The standard InChI is InChI=1S/C9H8INO3/c1-14-5-2-6(9(11)13)7(4-12)8(10)3-5/h2-4H,1H3,(H2,11,13). The van der Waals surface area contributed by atoms with E-state index in [1.807, 2.05) is 22.6 Å². The van der Waals surface area contributed by atoms with Gasteiger partial charge in [-0.1, -0.05) is 0 Å². The van der Waals surface area contributed by atoms with Crippen LogP contribution in [0.15, 0.2) is 12.1 Å². The molecule has 2 N–H and O–H groups in total. The zero-order valence-electron chi connectivity index (χ0n) is 7.41. The number of nitrogens with two attached hydrogens (primary N) is 1. The summed E-state index contributed by atoms with van der Waals surface area (Å²) in [4.78, 5) is 21.7. The summed E-state index contributed by atoms with van der Waals surface area (Å²) in [6.07, 6.45) is 0.612. The van der Waals surface area contributed by atoms with Crippen molar-refractivity contribution in [2.24, 2.45) is 5.73 Å². The summed E-state index contributed by atoms with van der Waals surface area (Å²) in [5.41, 5.74) is 5.61. The van der Waals surface area contributed by atoms with E-state index >= 15 is 0 Å². The molecular formula is C9H8INO3. The maximum absolute atomic E-state index is 11.0. The van der Waals surface area contributed by atoms with Gasteiger partial charge in [-0.2, -0.15) is 0 Å². The number of rotatable bonds is 3. The molecule has 0 atom stereocenters. The minimum absolute atomic E-state index is 0.184. The van der Waals surface area contributed by atoms with Crippen molar-refractivity contribution in [3.8, 4) is 5.75 Å². The number of hydrogen-bond donors (Lipinski definition) is 1. The van der Waals surface area contributed by atoms with E-state index in [0.29, 0.717) is 21.2 Å². The first-order valence-corrected chi connectivity index (χ1v) is 4.80. The summed E-state index contributed by atoms with van der Waals surface area (Å²) in [7, 11) is 1.48. The molecule has 74 valence electrons. The molecule has 0 fully saturated rings. The average molecular weight is 305 g/mol. The fourth-order valence-electron chi connectivity index (χ4n) is 1.03. The van der Waals surface area contributed by atoms with E-state index in [1.165, 1.54) is 13.2 Å². The second-order valence-electron chi connectivity index (χ2n) is 2.55. The van der Waals surface area contributed by atoms with Crippen LogP contribution in [0.1, 0.15) is 20.7 Å². The number of benzene rings is 1. The van der Waals surface area contributed by atoms with Crippen LogP contribution in [-0.4, -0.2) is 19.3 Å². The van der Waals surface area contributed by atoms with E-state index < -0.39 is 5.91 Å². The zero-order chi connectivity index (χ0) is 10.7. The molecule has 4 nitrogen and oxygen atoms in total. The minimum atomic E-state index is -0.635. The van der Waals surface area contributed by atoms with Crippen molar-refractivity contribution < 1.29 is 14.3 Å². The van der Waals surface area contributed by atoms with E-state index in [-0.39, 0.29) is 5.56 Å². The van der Waals surface area contributed by atoms with Crippen molar-refractivity contribution in [3.05, 3.63) is 26.8 Å². The van der Waals surface area contributed by atoms with Gasteiger partial charge in [0.1, 0.15) is 5.75 Å². The molecule has 0 aromatic heterocycles. The summed E-state index contributed by atoms with van der Waals surface area (Å²) < 4.78 is 5.60. The normalized spacial score (nSPS) is 9.57. The lowest BCUT2D eigenvalue weighted by molar-refractivity contribution is 0.0992. The average Bonchev–Trinajstić information content (AvgIpc) is 2.16. The highest BCUT2D eigenvalue weighted by molar-refractivity contribution is 14.1. The van der Waals surface area contributed by atoms with Crippen LogP contribution < -0.4 is 10.5 Å². The molecule has 1 amide bonds. The lowest BCUT2D eigenvalue weighted by Gasteiger charge is -2.06. The summed E-state index contributed by atoms with van der Waals surface area (Å²) in [6, 6.07) is 3.12. The Morgan fingerprint density at radius 3 is 2.64 bits per heavy atom. The largest absolute Gasteiger partial charge is 0.497 e. The molecule has 0 aliphatic rings. The highest BCUT2D eigenvalue weighted by Gasteiger charge is 2.12. The van der Waals surface area contributed by atoms with Gasteiger partial charge in [0.05, 0.1) is 12.7 Å². The monoisotopic (exact) mass is 305 g/mol. The van der Waals surface area contributed by atoms with Gasteiger partial charge < -0.3 is 10.5 Å². The van der Waals surface area contributed by atoms with Gasteiger partial charge in [-0.25, -0.2) is 0 Å². The lowest BCUT2D eigenvalue weighted by atomic mass is 10.1. The number of halogens is 1. The second-order valence-corrected chi connectivity index (χ2v) is 3.71. The van der Waals surface area contributed by atoms with E-state index in [9.17, 15) is 9.59 Å². The molecule has 0 radical (unpaired) electrons. The molecule has 1 rings (SSSR count). The Morgan fingerprint density at radius 1 is 1.57 bits per heavy atom. The molecule has 0 bridgehead atoms. The number of aldehydes is 1. The first-order valence-electron chi connectivity index (χ1n) is 3.72. The Morgan fingerprint density at radius 2 is 2.21 bits per heavy atom. The molecule has 0 spiro atoms. The van der Waals surface area contributed by atoms with E-state index in [2.05, 4.69) is 0 Å². The van der Waals surface area contributed by atoms with Gasteiger partial charge in [0.25, 0.3) is 0 Å². The Balaban J connectivity index is 3.43. The van der Waals surface area contributed by atoms with Crippen LogP contribution in [0.25, 0.3) is 0 Å². The highest BCUT2D eigenvalue weighted by atomic mass is 127. The zero-order valence-corrected chi connectivity index (χ0v) is 9.57. The molecule has 1 aromatic rings. The smallest absolute Gasteiger partial charge is 0.249 e. The van der Waals surface area contributed by atoms with Crippen molar-refractivity contribution >= 4 is 34.8 Å². The number of primary amides is 1. The number of amides is 1. The molecule has 1 aromatic carbocycles. The summed E-state index contributed by atoms with van der Waals surface area (Å²) >= 11 is 1.95. The third kappa shape index (κ3) is 2.03. The third-order valence-electron chi connectivity index (χ3n) is 1.72. The molecule has 0 aliphatic heterocycles. The minimum Gasteiger partial charge on any atom is -0.497 e. The number of carbonyl (C=O) groups excluding carboxylic acids is 2. The van der Waals surface area contributed by atoms with Gasteiger partial charge in [-0.15, -0.1) is 0 Å². The molecule has 0 unspecified atom stereocenters. The van der Waals surface area contributed by atoms with Gasteiger partial charge in [-0.3, -0.25) is 9.59 Å². The Kier molecular flexibility index (Phi) is 3.45. The van der Waals surface area contributed by atoms with Gasteiger partial charge in [0.2, 0.25) is 5.91 Å². The highest BCUT2D eigenvalue weighted by Crippen LogP contribution is 2.22. The predicted octanol–water partition coefficient (Wildman–Crippen LogP) is 1.21. The molecule has 5 heteroatoms. The van der Waals surface area contributed by atoms with Crippen LogP contribution in [0.3, 0.4) is 0 Å². The van der Waals surface area contributed by atoms with Crippen molar-refractivity contribution in [1.82, 2.24) is 0 Å². The van der Waals surface area contributed by atoms with Crippen molar-refractivity contribution in [3.63, 3.8) is 0 Å². The number of methoxy groups -OCH3 is 1. The summed E-state index contributed by atoms with van der Waals surface area (Å²) in [6.45, 7) is 0. The van der Waals surface area contributed by atoms with Crippen molar-refractivity contribution in [2.75, 3.05) is 7.11 Å². The SMILES string of the molecule is COc1cc(I)c(C=O)c(C(N)=O)c1. The fourth-order valence-corrected chi connectivity index (χ4v) is 1.76. The predicted molar refractivity (Wildman–Crippen MR) is 59.6 cm³/mol. The van der Waals surface area contributed by atoms with E-state index in [4.69, 9.17) is 10.5 Å². The maximum Gasteiger partial charge on any atom is 0.249 e. The first-order chi connectivity index (χ1) is 6.60. The van der Waals surface area contributed by atoms with Crippen LogP contribution in [0, 0.1) is 3.57 Å². The van der Waals surface area contributed by atoms with Crippen LogP contribution >= 0.6 is 22.6 Å². The van der Waals surface area contributed by atoms with Crippen molar-refractivity contribution in [1.29, 1.82) is 0 Å². The van der Waals surface area contributed by atoms with Crippen molar-refractivity contribution in [2.45, 2.75) is 0 Å². The van der Waals surface area contributed by atoms with E-state index in [1.54, 1.807) is 6.07 Å². The molecule has 0 saturated carbocycles. The van der Waals surface area contributed by atoms with Crippen LogP contribution in [-0.2, 0) is 0 Å². The number of carbonyl (C=O) groups is 2. The fraction of sp³-hybridized carbons (Fsp3) is 0.111. The Labute approximate surface area is 94.6 Å². The molecule has 14 heavy (non-hydrogen) atoms. The lowest BCUT2D eigenvalue weighted by Crippen LogP contribution is -2.14. The molecular weight excluding hydrogens is 297 g/mol. The van der Waals surface area contributed by atoms with Gasteiger partial charge in [0, 0.05) is 9.13 Å². The molecule has 0 aliphatic carbocycles. The van der Waals surface area contributed by atoms with Gasteiger partial charge in [0.15, 0.2) is 6.29 Å². The molecule has 0 saturated heterocycles. The number of ether oxygens (including phenoxy) is 1. The summed E-state index contributed by atoms with van der Waals surface area (Å²) in [5.74, 6) is -0.127. The third-order valence-corrected chi connectivity index (χ3v) is 2.61. The number of hydrogen-bond acceptors (Lipinski definition) is 3. The van der Waals surface area contributed by atoms with Gasteiger partial charge >= 0.3 is 0 Å². The Hall–Kier alpha value is -1.11. The first kappa shape index (κ1) is 11.0. The molecule has 0 heterocycles. The quantitative estimate of drug-likeness (QED) is 0.674. The Bertz CT molecular complexity index is 390. The van der Waals surface area contributed by atoms with Crippen LogP contribution in [0.2, 0.25) is 0 Å². The van der Waals surface area contributed by atoms with Crippen LogP contribution in [0.5, 0.6) is 5.75 Å². The van der Waals surface area contributed by atoms with E-state index in [0.717, 1.165) is 0 Å². The maximum atomic E-state index is 11.0. The van der Waals surface area contributed by atoms with Crippen LogP contribution in [0.4, 0.5) is 0 Å². The summed E-state index contributed by atoms with van der Waals surface area (Å²) in [5, 5.41) is 0.